The van der Waals surface area contributed by atoms with Gasteiger partial charge in [-0.3, -0.25) is 14.6 Å². The minimum absolute atomic E-state index is 0.00880. The van der Waals surface area contributed by atoms with E-state index in [0.717, 1.165) is 11.1 Å². The highest BCUT2D eigenvalue weighted by atomic mass is 16.5. The lowest BCUT2D eigenvalue weighted by atomic mass is 9.90. The van der Waals surface area contributed by atoms with Crippen LogP contribution in [0.1, 0.15) is 17.0 Å². The van der Waals surface area contributed by atoms with Crippen molar-refractivity contribution in [2.24, 2.45) is 0 Å². The first-order valence-corrected chi connectivity index (χ1v) is 13.1. The van der Waals surface area contributed by atoms with Gasteiger partial charge in [0.2, 0.25) is 0 Å². The normalized spacial score (nSPS) is 16.8. The maximum atomic E-state index is 14.0. The quantitative estimate of drug-likeness (QED) is 0.353. The predicted octanol–water partition coefficient (Wildman–Crippen LogP) is 5.95. The second-order valence-electron chi connectivity index (χ2n) is 9.82. The van der Waals surface area contributed by atoms with E-state index in [0.29, 0.717) is 42.5 Å². The van der Waals surface area contributed by atoms with E-state index in [2.05, 4.69) is 24.3 Å². The third-order valence-corrected chi connectivity index (χ3v) is 7.49. The number of aliphatic carboxylic acids is 1. The van der Waals surface area contributed by atoms with Crippen molar-refractivity contribution in [3.8, 4) is 11.5 Å². The topological polar surface area (TPSA) is 73.3 Å². The highest BCUT2D eigenvalue weighted by molar-refractivity contribution is 6.03. The summed E-state index contributed by atoms with van der Waals surface area (Å²) in [6.07, 6.45) is 0. The molecule has 7 nitrogen and oxygen atoms in total. The monoisotopic (exact) mass is 519 g/mol. The van der Waals surface area contributed by atoms with E-state index in [1.807, 2.05) is 89.8 Å². The van der Waals surface area contributed by atoms with E-state index in [1.165, 1.54) is 0 Å². The number of carboxylic acids is 1. The largest absolute Gasteiger partial charge is 0.480 e. The molecule has 2 aliphatic heterocycles. The maximum absolute atomic E-state index is 14.0. The number of urea groups is 1. The first-order chi connectivity index (χ1) is 19.1. The number of ether oxygens (including phenoxy) is 1. The number of carbonyl (C=O) groups excluding carboxylic acids is 1. The van der Waals surface area contributed by atoms with Crippen molar-refractivity contribution in [3.63, 3.8) is 0 Å². The molecule has 6 rings (SSSR count). The Morgan fingerprint density at radius 1 is 0.744 bits per heavy atom. The van der Waals surface area contributed by atoms with Crippen LogP contribution in [0.2, 0.25) is 0 Å². The van der Waals surface area contributed by atoms with Gasteiger partial charge < -0.3 is 14.7 Å². The second-order valence-corrected chi connectivity index (χ2v) is 9.82. The molecule has 0 aliphatic carbocycles. The summed E-state index contributed by atoms with van der Waals surface area (Å²) >= 11 is 0. The second kappa shape index (κ2) is 10.6. The van der Waals surface area contributed by atoms with Gasteiger partial charge in [-0.05, 0) is 35.4 Å². The van der Waals surface area contributed by atoms with Crippen molar-refractivity contribution < 1.29 is 19.4 Å². The first kappa shape index (κ1) is 24.7. The van der Waals surface area contributed by atoms with Crippen LogP contribution in [0.4, 0.5) is 16.2 Å². The Balaban J connectivity index is 1.27. The third kappa shape index (κ3) is 4.84. The Morgan fingerprint density at radius 2 is 1.26 bits per heavy atom. The van der Waals surface area contributed by atoms with Gasteiger partial charge in [0.25, 0.3) is 0 Å². The molecule has 1 fully saturated rings. The number of fused-ring (bicyclic) bond motifs is 2. The van der Waals surface area contributed by atoms with Crippen molar-refractivity contribution in [2.45, 2.75) is 12.0 Å². The number of hydrogen-bond acceptors (Lipinski definition) is 4. The molecule has 2 aliphatic rings. The highest BCUT2D eigenvalue weighted by Gasteiger charge is 2.39. The zero-order valence-electron chi connectivity index (χ0n) is 21.4. The minimum atomic E-state index is -0.935. The maximum Gasteiger partial charge on any atom is 0.329 e. The number of carbonyl (C=O) groups is 2. The summed E-state index contributed by atoms with van der Waals surface area (Å²) in [5.41, 5.74) is 3.55. The molecule has 2 heterocycles. The number of nitrogens with zero attached hydrogens (tertiary/aromatic N) is 3. The Morgan fingerprint density at radius 3 is 1.79 bits per heavy atom. The Kier molecular flexibility index (Phi) is 6.73. The average molecular weight is 520 g/mol. The zero-order chi connectivity index (χ0) is 26.8. The van der Waals surface area contributed by atoms with Gasteiger partial charge in [0, 0.05) is 32.1 Å². The Hall–Kier alpha value is -4.62. The van der Waals surface area contributed by atoms with Gasteiger partial charge in [0.1, 0.15) is 6.04 Å². The summed E-state index contributed by atoms with van der Waals surface area (Å²) in [6.45, 7) is 1.50. The Bertz CT molecular complexity index is 1390. The number of piperazine rings is 1. The lowest BCUT2D eigenvalue weighted by Crippen LogP contribution is -2.60. The van der Waals surface area contributed by atoms with Crippen LogP contribution in [-0.2, 0) is 4.79 Å². The number of rotatable bonds is 5. The van der Waals surface area contributed by atoms with Crippen molar-refractivity contribution in [3.05, 3.63) is 120 Å². The highest BCUT2D eigenvalue weighted by Crippen LogP contribution is 2.46. The van der Waals surface area contributed by atoms with Gasteiger partial charge in [-0.1, -0.05) is 84.9 Å². The summed E-state index contributed by atoms with van der Waals surface area (Å²) in [4.78, 5) is 31.8. The smallest absolute Gasteiger partial charge is 0.329 e. The lowest BCUT2D eigenvalue weighted by molar-refractivity contribution is -0.145. The van der Waals surface area contributed by atoms with Gasteiger partial charge in [0.15, 0.2) is 11.5 Å². The number of amides is 2. The van der Waals surface area contributed by atoms with E-state index in [-0.39, 0.29) is 18.5 Å². The van der Waals surface area contributed by atoms with Crippen molar-refractivity contribution in [1.82, 2.24) is 9.80 Å². The number of anilines is 2. The summed E-state index contributed by atoms with van der Waals surface area (Å²) in [5, 5.41) is 10.3. The summed E-state index contributed by atoms with van der Waals surface area (Å²) < 4.78 is 6.03. The molecule has 4 aromatic carbocycles. The molecular formula is C32H29N3O4. The van der Waals surface area contributed by atoms with Gasteiger partial charge in [-0.2, -0.15) is 0 Å². The van der Waals surface area contributed by atoms with Crippen LogP contribution in [-0.4, -0.2) is 59.1 Å². The van der Waals surface area contributed by atoms with Gasteiger partial charge in [-0.15, -0.1) is 0 Å². The molecule has 7 heteroatoms. The number of para-hydroxylation sites is 4. The van der Waals surface area contributed by atoms with E-state index in [9.17, 15) is 14.7 Å². The molecule has 2 amide bonds. The van der Waals surface area contributed by atoms with E-state index < -0.39 is 12.0 Å². The lowest BCUT2D eigenvalue weighted by Gasteiger charge is -2.43. The minimum Gasteiger partial charge on any atom is -0.480 e. The summed E-state index contributed by atoms with van der Waals surface area (Å²) in [5.74, 6) is 0.253. The molecule has 1 N–H and O–H groups in total. The standard InChI is InChI=1S/C32H29N3O4/c36-31(37)28-22-34(32(38)35-26-15-7-9-17-29(26)39-30-18-10-8-16-27(30)35)20-19-33(28)21-25(23-11-3-1-4-12-23)24-13-5-2-6-14-24/h1-18,25,28H,19-22H2,(H,36,37)/t28-/m0/s1. The van der Waals surface area contributed by atoms with E-state index >= 15 is 0 Å². The van der Waals surface area contributed by atoms with E-state index in [1.54, 1.807) is 9.80 Å². The van der Waals surface area contributed by atoms with E-state index in [4.69, 9.17) is 4.74 Å². The van der Waals surface area contributed by atoms with Crippen LogP contribution >= 0.6 is 0 Å². The molecule has 0 unspecified atom stereocenters. The first-order valence-electron chi connectivity index (χ1n) is 13.1. The van der Waals surface area contributed by atoms with Gasteiger partial charge in [-0.25, -0.2) is 4.79 Å². The van der Waals surface area contributed by atoms with Crippen LogP contribution in [0, 0.1) is 0 Å². The van der Waals surface area contributed by atoms with Crippen LogP contribution in [0.25, 0.3) is 0 Å². The van der Waals surface area contributed by atoms with Crippen molar-refractivity contribution in [2.75, 3.05) is 31.1 Å². The fourth-order valence-electron chi connectivity index (χ4n) is 5.51. The third-order valence-electron chi connectivity index (χ3n) is 7.49. The summed E-state index contributed by atoms with van der Waals surface area (Å²) in [6, 6.07) is 34.1. The number of benzene rings is 4. The van der Waals surface area contributed by atoms with Crippen molar-refractivity contribution >= 4 is 23.4 Å². The Labute approximate surface area is 227 Å². The van der Waals surface area contributed by atoms with Crippen LogP contribution in [0.3, 0.4) is 0 Å². The van der Waals surface area contributed by atoms with Crippen molar-refractivity contribution in [1.29, 1.82) is 0 Å². The zero-order valence-corrected chi connectivity index (χ0v) is 21.4. The van der Waals surface area contributed by atoms with Crippen LogP contribution in [0.15, 0.2) is 109 Å². The molecule has 1 atom stereocenters. The molecular weight excluding hydrogens is 490 g/mol. The number of hydrogen-bond donors (Lipinski definition) is 1. The molecule has 39 heavy (non-hydrogen) atoms. The molecule has 0 radical (unpaired) electrons. The van der Waals surface area contributed by atoms with Crippen LogP contribution in [0.5, 0.6) is 11.5 Å². The number of carboxylic acid groups (broad SMARTS) is 1. The van der Waals surface area contributed by atoms with Crippen LogP contribution < -0.4 is 9.64 Å². The fraction of sp³-hybridized carbons (Fsp3) is 0.188. The molecule has 0 spiro atoms. The molecule has 196 valence electrons. The summed E-state index contributed by atoms with van der Waals surface area (Å²) in [7, 11) is 0. The van der Waals surface area contributed by atoms with Gasteiger partial charge in [0.05, 0.1) is 11.4 Å². The molecule has 0 bridgehead atoms. The molecule has 0 aromatic heterocycles. The SMILES string of the molecule is O=C(O)[C@@H]1CN(C(=O)N2c3ccccc3Oc3ccccc32)CCN1CC(c1ccccc1)c1ccccc1. The molecule has 0 saturated carbocycles. The molecule has 1 saturated heterocycles. The average Bonchev–Trinajstić information content (AvgIpc) is 2.99. The van der Waals surface area contributed by atoms with Gasteiger partial charge >= 0.3 is 12.0 Å². The predicted molar refractivity (Wildman–Crippen MR) is 150 cm³/mol. The molecule has 4 aromatic rings. The fourth-order valence-corrected chi connectivity index (χ4v) is 5.51.